The fraction of sp³-hybridized carbons (Fsp3) is 0.412. The predicted molar refractivity (Wildman–Crippen MR) is 105 cm³/mol. The summed E-state index contributed by atoms with van der Waals surface area (Å²) in [6, 6.07) is 0. The second-order valence-electron chi connectivity index (χ2n) is 6.34. The zero-order chi connectivity index (χ0) is 23.5. The van der Waals surface area contributed by atoms with Crippen LogP contribution in [0.25, 0.3) is 0 Å². The van der Waals surface area contributed by atoms with E-state index in [4.69, 9.17) is 10.5 Å². The van der Waals surface area contributed by atoms with E-state index in [9.17, 15) is 33.3 Å². The van der Waals surface area contributed by atoms with Crippen LogP contribution in [0.15, 0.2) is 0 Å². The zero-order valence-corrected chi connectivity index (χ0v) is 17.5. The van der Waals surface area contributed by atoms with Gasteiger partial charge in [0, 0.05) is 0 Å². The minimum Gasteiger partial charge on any atom is -0.462 e. The summed E-state index contributed by atoms with van der Waals surface area (Å²) in [6.07, 6.45) is -2.66. The van der Waals surface area contributed by atoms with E-state index >= 15 is 0 Å². The van der Waals surface area contributed by atoms with Gasteiger partial charge in [-0.25, -0.2) is 13.6 Å². The molecule has 2 rings (SSSR count). The van der Waals surface area contributed by atoms with Crippen molar-refractivity contribution >= 4 is 39.8 Å². The molecule has 0 saturated carbocycles. The Morgan fingerprint density at radius 2 is 2.00 bits per heavy atom. The summed E-state index contributed by atoms with van der Waals surface area (Å²) in [6.45, 7) is 3.89. The molecule has 2 amide bonds. The summed E-state index contributed by atoms with van der Waals surface area (Å²) >= 11 is 0.752. The first kappa shape index (κ1) is 23.9. The number of carbonyl (C=O) groups excluding carboxylic acids is 3. The monoisotopic (exact) mass is 459 g/mol. The number of nitrogens with two attached hydrogens (primary N) is 1. The van der Waals surface area contributed by atoms with E-state index in [1.54, 1.807) is 6.92 Å². The normalized spacial score (nSPS) is 10.9. The van der Waals surface area contributed by atoms with Crippen LogP contribution in [0.3, 0.4) is 0 Å². The van der Waals surface area contributed by atoms with Gasteiger partial charge in [0.2, 0.25) is 11.6 Å². The van der Waals surface area contributed by atoms with Crippen molar-refractivity contribution in [2.75, 3.05) is 11.9 Å². The predicted octanol–water partition coefficient (Wildman–Crippen LogP) is 2.71. The van der Waals surface area contributed by atoms with Crippen molar-refractivity contribution in [3.8, 4) is 0 Å². The molecule has 0 aromatic carbocycles. The molecule has 0 aliphatic rings. The molecular weight excluding hydrogens is 440 g/mol. The number of anilines is 1. The lowest BCUT2D eigenvalue weighted by atomic mass is 10.1. The number of rotatable bonds is 9. The lowest BCUT2D eigenvalue weighted by Gasteiger charge is -2.08. The highest BCUT2D eigenvalue weighted by Crippen LogP contribution is 2.34. The maximum atomic E-state index is 13.1. The van der Waals surface area contributed by atoms with Gasteiger partial charge in [0.1, 0.15) is 17.2 Å². The Balaban J connectivity index is 2.35. The number of alkyl halides is 2. The van der Waals surface area contributed by atoms with E-state index in [1.165, 1.54) is 13.8 Å². The molecule has 0 fully saturated rings. The first-order chi connectivity index (χ1) is 14.5. The number of nitrogens with one attached hydrogen (secondary N) is 1. The Labute approximate surface area is 178 Å². The molecule has 0 radical (unpaired) electrons. The van der Waals surface area contributed by atoms with Crippen LogP contribution in [0.1, 0.15) is 56.8 Å². The van der Waals surface area contributed by atoms with E-state index in [1.807, 2.05) is 0 Å². The topological polar surface area (TPSA) is 159 Å². The van der Waals surface area contributed by atoms with Crippen molar-refractivity contribution in [3.05, 3.63) is 37.5 Å². The number of ether oxygens (including phenoxy) is 1. The molecule has 0 saturated heterocycles. The van der Waals surface area contributed by atoms with Crippen LogP contribution in [-0.2, 0) is 16.1 Å². The number of hydrogen-bond acceptors (Lipinski definition) is 8. The molecule has 0 atom stereocenters. The van der Waals surface area contributed by atoms with Gasteiger partial charge in [-0.3, -0.25) is 24.4 Å². The van der Waals surface area contributed by atoms with Gasteiger partial charge in [0.15, 0.2) is 0 Å². The third-order valence-corrected chi connectivity index (χ3v) is 5.37. The second-order valence-corrected chi connectivity index (χ2v) is 7.36. The molecule has 0 bridgehead atoms. The minimum atomic E-state index is -3.21. The molecule has 14 heteroatoms. The molecule has 168 valence electrons. The average molecular weight is 459 g/mol. The van der Waals surface area contributed by atoms with Crippen molar-refractivity contribution in [2.45, 2.75) is 40.2 Å². The number of esters is 1. The zero-order valence-electron chi connectivity index (χ0n) is 16.7. The van der Waals surface area contributed by atoms with E-state index in [-0.39, 0.29) is 33.3 Å². The summed E-state index contributed by atoms with van der Waals surface area (Å²) in [7, 11) is 0. The Bertz CT molecular complexity index is 1050. The molecule has 0 aliphatic heterocycles. The lowest BCUT2D eigenvalue weighted by molar-refractivity contribution is -0.386. The summed E-state index contributed by atoms with van der Waals surface area (Å²) in [5.74, 6) is -2.40. The van der Waals surface area contributed by atoms with Crippen molar-refractivity contribution < 1.29 is 32.8 Å². The average Bonchev–Trinajstić information content (AvgIpc) is 3.17. The minimum absolute atomic E-state index is 0.0224. The molecule has 31 heavy (non-hydrogen) atoms. The molecule has 0 spiro atoms. The Morgan fingerprint density at radius 3 is 2.48 bits per heavy atom. The van der Waals surface area contributed by atoms with Crippen LogP contribution in [0.2, 0.25) is 0 Å². The number of carbonyl (C=O) groups is 3. The van der Waals surface area contributed by atoms with Crippen LogP contribution < -0.4 is 11.1 Å². The highest BCUT2D eigenvalue weighted by atomic mass is 32.1. The highest BCUT2D eigenvalue weighted by Gasteiger charge is 2.32. The molecule has 2 heterocycles. The molecule has 11 nitrogen and oxygen atoms in total. The maximum absolute atomic E-state index is 13.1. The number of halogens is 2. The van der Waals surface area contributed by atoms with Crippen LogP contribution in [-0.4, -0.2) is 39.1 Å². The van der Waals surface area contributed by atoms with E-state index in [2.05, 4.69) is 10.4 Å². The number of amides is 2. The smallest absolute Gasteiger partial charge is 0.341 e. The number of thiophene rings is 1. The van der Waals surface area contributed by atoms with Gasteiger partial charge in [-0.05, 0) is 25.8 Å². The summed E-state index contributed by atoms with van der Waals surface area (Å²) in [5.41, 5.74) is 3.30. The van der Waals surface area contributed by atoms with Gasteiger partial charge in [0.25, 0.3) is 12.3 Å². The SMILES string of the molecule is CCCOC(=O)c1c(NC(=O)Cn2nc(C(F)F)c([N+](=O)[O-])c2C)sc(C(N)=O)c1C. The third kappa shape index (κ3) is 5.02. The second kappa shape index (κ2) is 9.59. The fourth-order valence-electron chi connectivity index (χ4n) is 2.74. The molecule has 3 N–H and O–H groups in total. The fourth-order valence-corrected chi connectivity index (χ4v) is 3.80. The lowest BCUT2D eigenvalue weighted by Crippen LogP contribution is -2.21. The molecule has 0 aliphatic carbocycles. The highest BCUT2D eigenvalue weighted by molar-refractivity contribution is 7.18. The first-order valence-corrected chi connectivity index (χ1v) is 9.71. The van der Waals surface area contributed by atoms with Crippen LogP contribution in [0, 0.1) is 24.0 Å². The van der Waals surface area contributed by atoms with Gasteiger partial charge in [-0.15, -0.1) is 11.3 Å². The number of hydrogen-bond donors (Lipinski definition) is 2. The maximum Gasteiger partial charge on any atom is 0.341 e. The summed E-state index contributed by atoms with van der Waals surface area (Å²) < 4.78 is 31.9. The number of nitrogens with zero attached hydrogens (tertiary/aromatic N) is 3. The Kier molecular flexibility index (Phi) is 7.38. The van der Waals surface area contributed by atoms with Crippen molar-refractivity contribution in [1.82, 2.24) is 9.78 Å². The first-order valence-electron chi connectivity index (χ1n) is 8.89. The van der Waals surface area contributed by atoms with Crippen molar-refractivity contribution in [1.29, 1.82) is 0 Å². The van der Waals surface area contributed by atoms with Gasteiger partial charge < -0.3 is 15.8 Å². The molecule has 2 aromatic rings. The Hall–Kier alpha value is -3.42. The quantitative estimate of drug-likeness (QED) is 0.331. The van der Waals surface area contributed by atoms with Gasteiger partial charge in [0.05, 0.1) is 22.0 Å². The standard InChI is InChI=1S/C17H19F2N5O6S/c1-4-5-30-17(27)10-7(2)13(15(20)26)31-16(10)21-9(25)6-23-8(3)12(24(28)29)11(22-23)14(18)19/h14H,4-6H2,1-3H3,(H2,20,26)(H,21,25). The van der Waals surface area contributed by atoms with E-state index in [0.29, 0.717) is 6.42 Å². The van der Waals surface area contributed by atoms with Crippen LogP contribution in [0.4, 0.5) is 19.5 Å². The van der Waals surface area contributed by atoms with Gasteiger partial charge in [-0.2, -0.15) is 5.10 Å². The summed E-state index contributed by atoms with van der Waals surface area (Å²) in [5, 5.41) is 16.9. The molecular formula is C17H19F2N5O6S. The largest absolute Gasteiger partial charge is 0.462 e. The van der Waals surface area contributed by atoms with Crippen molar-refractivity contribution in [3.63, 3.8) is 0 Å². The van der Waals surface area contributed by atoms with E-state index < -0.39 is 47.1 Å². The summed E-state index contributed by atoms with van der Waals surface area (Å²) in [4.78, 5) is 46.6. The van der Waals surface area contributed by atoms with Crippen LogP contribution in [0.5, 0.6) is 0 Å². The number of aromatic nitrogens is 2. The third-order valence-electron chi connectivity index (χ3n) is 4.15. The molecule has 2 aromatic heterocycles. The van der Waals surface area contributed by atoms with Crippen molar-refractivity contribution in [2.24, 2.45) is 5.73 Å². The van der Waals surface area contributed by atoms with Crippen LogP contribution >= 0.6 is 11.3 Å². The number of nitro groups is 1. The van der Waals surface area contributed by atoms with Gasteiger partial charge in [-0.1, -0.05) is 6.92 Å². The Morgan fingerprint density at radius 1 is 1.35 bits per heavy atom. The van der Waals surface area contributed by atoms with E-state index in [0.717, 1.165) is 16.0 Å². The molecule has 0 unspecified atom stereocenters. The number of primary amides is 1. The van der Waals surface area contributed by atoms with Gasteiger partial charge >= 0.3 is 11.7 Å².